The predicted octanol–water partition coefficient (Wildman–Crippen LogP) is 5.37. The molecule has 1 aromatic heterocycles. The smallest absolute Gasteiger partial charge is 0.196 e. The van der Waals surface area contributed by atoms with Crippen molar-refractivity contribution >= 4 is 39.8 Å². The number of rotatable bonds is 5. The Morgan fingerprint density at radius 1 is 0.900 bits per heavy atom. The number of nitrogens with zero attached hydrogens (tertiary/aromatic N) is 2. The van der Waals surface area contributed by atoms with Crippen LogP contribution in [0, 0.1) is 0 Å². The highest BCUT2D eigenvalue weighted by molar-refractivity contribution is 5.94. The summed E-state index contributed by atoms with van der Waals surface area (Å²) in [5.41, 5.74) is 3.13. The molecule has 5 rings (SSSR count). The van der Waals surface area contributed by atoms with Crippen LogP contribution in [0.3, 0.4) is 0 Å². The molecule has 1 aliphatic heterocycles. The van der Waals surface area contributed by atoms with E-state index in [0.29, 0.717) is 5.52 Å². The Bertz CT molecular complexity index is 1130. The second kappa shape index (κ2) is 8.94. The number of fused-ring (bicyclic) bond motifs is 2. The topological polar surface area (TPSA) is 31.5 Å². The monoisotopic (exact) mass is 425 g/mol. The zero-order chi connectivity index (χ0) is 19.6. The maximum Gasteiger partial charge on any atom is 0.196 e. The molecular weight excluding hydrogens is 401 g/mol. The molecule has 6 heteroatoms. The highest BCUT2D eigenvalue weighted by Crippen LogP contribution is 2.29. The molecule has 0 radical (unpaired) electrons. The van der Waals surface area contributed by atoms with Crippen LogP contribution < -0.4 is 9.84 Å². The van der Waals surface area contributed by atoms with Gasteiger partial charge in [-0.1, -0.05) is 36.4 Å². The average molecular weight is 426 g/mol. The summed E-state index contributed by atoms with van der Waals surface area (Å²) in [6, 6.07) is 21.0. The van der Waals surface area contributed by atoms with Crippen molar-refractivity contribution < 1.29 is 9.47 Å². The van der Waals surface area contributed by atoms with Crippen molar-refractivity contribution in [1.82, 2.24) is 9.88 Å². The Balaban J connectivity index is 0.00000218. The lowest BCUT2D eigenvalue weighted by Gasteiger charge is -2.36. The van der Waals surface area contributed by atoms with Gasteiger partial charge in [0, 0.05) is 59.9 Å². The summed E-state index contributed by atoms with van der Waals surface area (Å²) in [6.07, 6.45) is 2.69. The van der Waals surface area contributed by atoms with Crippen molar-refractivity contribution in [3.05, 3.63) is 72.4 Å². The Morgan fingerprint density at radius 2 is 1.70 bits per heavy atom. The van der Waals surface area contributed by atoms with E-state index in [1.807, 2.05) is 12.3 Å². The fourth-order valence-corrected chi connectivity index (χ4v) is 4.39. The number of H-pyrrole nitrogens is 1. The SMILES string of the molecule is Cl.FOc1cc(CCN2CCN(c3cccc4ccccc34)CC2)cc2cc[nH]c12. The minimum Gasteiger partial charge on any atom is -0.368 e. The number of benzene rings is 3. The van der Waals surface area contributed by atoms with Crippen molar-refractivity contribution in [2.45, 2.75) is 6.42 Å². The van der Waals surface area contributed by atoms with E-state index in [-0.39, 0.29) is 18.2 Å². The molecule has 0 saturated carbocycles. The molecule has 1 aliphatic rings. The van der Waals surface area contributed by atoms with E-state index in [1.165, 1.54) is 16.5 Å². The van der Waals surface area contributed by atoms with Crippen LogP contribution in [0.25, 0.3) is 21.7 Å². The van der Waals surface area contributed by atoms with E-state index in [4.69, 9.17) is 0 Å². The number of aromatic nitrogens is 1. The summed E-state index contributed by atoms with van der Waals surface area (Å²) in [6.45, 7) is 5.06. The largest absolute Gasteiger partial charge is 0.368 e. The van der Waals surface area contributed by atoms with Crippen LogP contribution in [0.5, 0.6) is 5.75 Å². The third kappa shape index (κ3) is 3.95. The standard InChI is InChI=1S/C24H24FN3O.ClH/c25-29-23-17-18(16-20-8-10-26-24(20)23)9-11-27-12-14-28(15-13-27)22-7-3-5-19-4-1-2-6-21(19)22;/h1-8,10,16-17,26H,9,11-15H2;1H. The Kier molecular flexibility index (Phi) is 6.11. The van der Waals surface area contributed by atoms with Crippen LogP contribution >= 0.6 is 12.4 Å². The lowest BCUT2D eigenvalue weighted by atomic mass is 10.1. The maximum absolute atomic E-state index is 12.9. The van der Waals surface area contributed by atoms with Gasteiger partial charge < -0.3 is 9.88 Å². The van der Waals surface area contributed by atoms with Gasteiger partial charge in [0.2, 0.25) is 0 Å². The first-order chi connectivity index (χ1) is 14.3. The minimum atomic E-state index is 0. The van der Waals surface area contributed by atoms with Crippen LogP contribution in [0.4, 0.5) is 10.2 Å². The van der Waals surface area contributed by atoms with E-state index in [1.54, 1.807) is 6.07 Å². The van der Waals surface area contributed by atoms with Crippen LogP contribution in [0.1, 0.15) is 5.56 Å². The van der Waals surface area contributed by atoms with Gasteiger partial charge in [0.15, 0.2) is 5.75 Å². The molecule has 0 amide bonds. The Labute approximate surface area is 181 Å². The lowest BCUT2D eigenvalue weighted by Crippen LogP contribution is -2.47. The summed E-state index contributed by atoms with van der Waals surface area (Å²) in [5, 5.41) is 3.59. The third-order valence-corrected chi connectivity index (χ3v) is 5.96. The molecule has 0 bridgehead atoms. The number of hydrogen-bond acceptors (Lipinski definition) is 3. The summed E-state index contributed by atoms with van der Waals surface area (Å²) in [4.78, 5) is 12.1. The van der Waals surface area contributed by atoms with Gasteiger partial charge >= 0.3 is 0 Å². The van der Waals surface area contributed by atoms with E-state index in [2.05, 4.69) is 68.3 Å². The van der Waals surface area contributed by atoms with Gasteiger partial charge in [-0.05, 0) is 41.6 Å². The molecule has 4 nitrogen and oxygen atoms in total. The second-order valence-corrected chi connectivity index (χ2v) is 7.69. The molecule has 0 atom stereocenters. The van der Waals surface area contributed by atoms with Gasteiger partial charge in [-0.15, -0.1) is 12.4 Å². The minimum absolute atomic E-state index is 0. The summed E-state index contributed by atoms with van der Waals surface area (Å²) in [5.74, 6) is 0.267. The highest BCUT2D eigenvalue weighted by atomic mass is 35.5. The molecule has 0 spiro atoms. The first-order valence-electron chi connectivity index (χ1n) is 10.2. The molecule has 0 aliphatic carbocycles. The average Bonchev–Trinajstić information content (AvgIpc) is 3.26. The van der Waals surface area contributed by atoms with Gasteiger partial charge in [-0.2, -0.15) is 0 Å². The van der Waals surface area contributed by atoms with Gasteiger partial charge in [-0.25, -0.2) is 0 Å². The molecule has 2 heterocycles. The molecule has 4 aromatic rings. The molecule has 1 saturated heterocycles. The molecule has 30 heavy (non-hydrogen) atoms. The van der Waals surface area contributed by atoms with Gasteiger partial charge in [-0.3, -0.25) is 9.84 Å². The molecule has 156 valence electrons. The van der Waals surface area contributed by atoms with E-state index in [0.717, 1.165) is 50.1 Å². The fourth-order valence-electron chi connectivity index (χ4n) is 4.39. The molecule has 1 fully saturated rings. The van der Waals surface area contributed by atoms with Crippen molar-refractivity contribution in [2.24, 2.45) is 0 Å². The number of halogens is 2. The summed E-state index contributed by atoms with van der Waals surface area (Å²) in [7, 11) is 0. The number of nitrogens with one attached hydrogen (secondary N) is 1. The van der Waals surface area contributed by atoms with Crippen molar-refractivity contribution in [2.75, 3.05) is 37.6 Å². The Hall–Kier alpha value is -2.76. The fraction of sp³-hybridized carbons (Fsp3) is 0.250. The zero-order valence-electron chi connectivity index (χ0n) is 16.7. The van der Waals surface area contributed by atoms with Gasteiger partial charge in [0.05, 0.1) is 5.52 Å². The second-order valence-electron chi connectivity index (χ2n) is 7.69. The van der Waals surface area contributed by atoms with Gasteiger partial charge in [0.1, 0.15) is 0 Å². The van der Waals surface area contributed by atoms with Crippen LogP contribution in [0.2, 0.25) is 0 Å². The van der Waals surface area contributed by atoms with E-state index >= 15 is 0 Å². The molecular formula is C24H25ClFN3O. The first kappa shape index (κ1) is 20.5. The number of anilines is 1. The maximum atomic E-state index is 12.9. The molecule has 0 unspecified atom stereocenters. The Morgan fingerprint density at radius 3 is 2.53 bits per heavy atom. The number of aromatic amines is 1. The quantitative estimate of drug-likeness (QED) is 0.466. The van der Waals surface area contributed by atoms with Crippen molar-refractivity contribution in [1.29, 1.82) is 0 Å². The molecule has 1 N–H and O–H groups in total. The zero-order valence-corrected chi connectivity index (χ0v) is 17.5. The van der Waals surface area contributed by atoms with E-state index in [9.17, 15) is 4.53 Å². The highest BCUT2D eigenvalue weighted by Gasteiger charge is 2.18. The molecule has 3 aromatic carbocycles. The first-order valence-corrected chi connectivity index (χ1v) is 10.2. The van der Waals surface area contributed by atoms with Crippen molar-refractivity contribution in [3.63, 3.8) is 0 Å². The van der Waals surface area contributed by atoms with Crippen LogP contribution in [-0.2, 0) is 6.42 Å². The van der Waals surface area contributed by atoms with Gasteiger partial charge in [0.25, 0.3) is 0 Å². The van der Waals surface area contributed by atoms with Crippen molar-refractivity contribution in [3.8, 4) is 5.75 Å². The summed E-state index contributed by atoms with van der Waals surface area (Å²) < 4.78 is 12.9. The van der Waals surface area contributed by atoms with Crippen LogP contribution in [-0.4, -0.2) is 42.6 Å². The normalized spacial score (nSPS) is 14.8. The van der Waals surface area contributed by atoms with Crippen LogP contribution in [0.15, 0.2) is 66.9 Å². The number of hydrogen-bond donors (Lipinski definition) is 1. The lowest BCUT2D eigenvalue weighted by molar-refractivity contribution is -0.00453. The number of piperazine rings is 1. The van der Waals surface area contributed by atoms with E-state index < -0.39 is 0 Å². The summed E-state index contributed by atoms with van der Waals surface area (Å²) >= 11 is 0. The third-order valence-electron chi connectivity index (χ3n) is 5.96. The predicted molar refractivity (Wildman–Crippen MR) is 124 cm³/mol.